The van der Waals surface area contributed by atoms with Crippen LogP contribution in [0.2, 0.25) is 0 Å². The van der Waals surface area contributed by atoms with Crippen LogP contribution in [0.1, 0.15) is 28.5 Å². The third kappa shape index (κ3) is 3.67. The van der Waals surface area contributed by atoms with Crippen LogP contribution in [0.3, 0.4) is 0 Å². The van der Waals surface area contributed by atoms with Gasteiger partial charge in [0.2, 0.25) is 0 Å². The maximum absolute atomic E-state index is 12.4. The molecule has 5 nitrogen and oxygen atoms in total. The van der Waals surface area contributed by atoms with Gasteiger partial charge in [-0.3, -0.25) is 9.78 Å². The fourth-order valence-corrected chi connectivity index (χ4v) is 2.37. The molecule has 5 heteroatoms. The number of hydrogen-bond donors (Lipinski definition) is 1. The van der Waals surface area contributed by atoms with E-state index in [0.29, 0.717) is 17.7 Å². The Morgan fingerprint density at radius 1 is 1.35 bits per heavy atom. The van der Waals surface area contributed by atoms with Crippen molar-refractivity contribution in [3.05, 3.63) is 41.1 Å². The van der Waals surface area contributed by atoms with Gasteiger partial charge in [0.1, 0.15) is 0 Å². The Labute approximate surface area is 135 Å². The van der Waals surface area contributed by atoms with E-state index in [0.717, 1.165) is 16.5 Å². The minimum absolute atomic E-state index is 0.104. The maximum atomic E-state index is 12.4. The summed E-state index contributed by atoms with van der Waals surface area (Å²) in [6, 6.07) is 7.62. The Bertz CT molecular complexity index is 791. The zero-order valence-corrected chi connectivity index (χ0v) is 13.2. The van der Waals surface area contributed by atoms with E-state index in [4.69, 9.17) is 11.2 Å². The molecule has 0 saturated carbocycles. The third-order valence-electron chi connectivity index (χ3n) is 3.49. The summed E-state index contributed by atoms with van der Waals surface area (Å²) in [5.41, 5.74) is 2.73. The Hall–Kier alpha value is -2.87. The van der Waals surface area contributed by atoms with Gasteiger partial charge < -0.3 is 10.1 Å². The van der Waals surface area contributed by atoms with Gasteiger partial charge >= 0.3 is 5.97 Å². The number of aromatic nitrogens is 1. The number of benzene rings is 1. The van der Waals surface area contributed by atoms with Crippen LogP contribution in [0.25, 0.3) is 10.9 Å². The molecule has 0 aliphatic heterocycles. The van der Waals surface area contributed by atoms with Gasteiger partial charge in [0.05, 0.1) is 23.3 Å². The molecule has 2 aromatic rings. The summed E-state index contributed by atoms with van der Waals surface area (Å²) in [6.07, 6.45) is 5.65. The summed E-state index contributed by atoms with van der Waals surface area (Å²) in [5.74, 6) is 1.31. The molecule has 0 radical (unpaired) electrons. The summed E-state index contributed by atoms with van der Waals surface area (Å²) in [5, 5.41) is 3.34. The first kappa shape index (κ1) is 16.5. The van der Waals surface area contributed by atoms with Gasteiger partial charge in [0, 0.05) is 5.39 Å². The van der Waals surface area contributed by atoms with Crippen LogP contribution in [0, 0.1) is 19.3 Å². The number of amides is 1. The predicted molar refractivity (Wildman–Crippen MR) is 88.0 cm³/mol. The zero-order chi connectivity index (χ0) is 16.8. The zero-order valence-electron chi connectivity index (χ0n) is 13.2. The van der Waals surface area contributed by atoms with Crippen molar-refractivity contribution in [3.63, 3.8) is 0 Å². The fourth-order valence-electron chi connectivity index (χ4n) is 2.37. The lowest BCUT2D eigenvalue weighted by atomic mass is 10.0. The number of nitrogens with zero attached hydrogens (tertiary/aromatic N) is 1. The number of carbonyl (C=O) groups excluding carboxylic acids is 2. The van der Waals surface area contributed by atoms with Crippen LogP contribution >= 0.6 is 0 Å². The standard InChI is InChI=1S/C18H18N2O3/c1-4-10-19-16(21)11-23-18(22)17-12(3)13-8-6-7-9-15(13)20-14(17)5-2/h1,6-9H,5,10-11H2,2-3H3,(H,19,21). The highest BCUT2D eigenvalue weighted by atomic mass is 16.5. The highest BCUT2D eigenvalue weighted by Crippen LogP contribution is 2.23. The van der Waals surface area contributed by atoms with Crippen molar-refractivity contribution < 1.29 is 14.3 Å². The Morgan fingerprint density at radius 3 is 2.78 bits per heavy atom. The first-order valence-corrected chi connectivity index (χ1v) is 7.34. The van der Waals surface area contributed by atoms with E-state index in [2.05, 4.69) is 16.2 Å². The number of fused-ring (bicyclic) bond motifs is 1. The summed E-state index contributed by atoms with van der Waals surface area (Å²) in [4.78, 5) is 28.4. The molecule has 0 saturated heterocycles. The molecule has 0 fully saturated rings. The van der Waals surface area contributed by atoms with Gasteiger partial charge in [-0.25, -0.2) is 4.79 Å². The number of aryl methyl sites for hydroxylation is 2. The molecule has 0 aliphatic rings. The Balaban J connectivity index is 2.27. The Kier molecular flexibility index (Phi) is 5.32. The maximum Gasteiger partial charge on any atom is 0.340 e. The molecule has 1 aromatic carbocycles. The first-order chi connectivity index (χ1) is 11.1. The molecule has 1 amide bonds. The molecule has 23 heavy (non-hydrogen) atoms. The molecule has 0 spiro atoms. The smallest absolute Gasteiger partial charge is 0.340 e. The second-order valence-electron chi connectivity index (χ2n) is 4.99. The van der Waals surface area contributed by atoms with E-state index in [1.54, 1.807) is 0 Å². The summed E-state index contributed by atoms with van der Waals surface area (Å²) >= 11 is 0. The van der Waals surface area contributed by atoms with Crippen LogP contribution < -0.4 is 5.32 Å². The van der Waals surface area contributed by atoms with Crippen molar-refractivity contribution in [3.8, 4) is 12.3 Å². The van der Waals surface area contributed by atoms with Crippen LogP contribution in [0.15, 0.2) is 24.3 Å². The van der Waals surface area contributed by atoms with Crippen LogP contribution in [-0.2, 0) is 16.0 Å². The van der Waals surface area contributed by atoms with E-state index < -0.39 is 11.9 Å². The average molecular weight is 310 g/mol. The molecule has 0 aliphatic carbocycles. The van der Waals surface area contributed by atoms with Gasteiger partial charge in [-0.2, -0.15) is 0 Å². The summed E-state index contributed by atoms with van der Waals surface area (Å²) in [6.45, 7) is 3.52. The van der Waals surface area contributed by atoms with Crippen molar-refractivity contribution in [2.24, 2.45) is 0 Å². The number of ether oxygens (including phenoxy) is 1. The number of nitrogens with one attached hydrogen (secondary N) is 1. The van der Waals surface area contributed by atoms with Crippen LogP contribution in [-0.4, -0.2) is 30.0 Å². The number of rotatable bonds is 5. The van der Waals surface area contributed by atoms with Crippen LogP contribution in [0.4, 0.5) is 0 Å². The van der Waals surface area contributed by atoms with Crippen molar-refractivity contribution in [2.75, 3.05) is 13.2 Å². The number of carbonyl (C=O) groups is 2. The number of terminal acetylenes is 1. The SMILES string of the molecule is C#CCNC(=O)COC(=O)c1c(CC)nc2ccccc2c1C. The number of pyridine rings is 1. The molecular formula is C18H18N2O3. The first-order valence-electron chi connectivity index (χ1n) is 7.34. The second-order valence-corrected chi connectivity index (χ2v) is 4.99. The van der Waals surface area contributed by atoms with Gasteiger partial charge in [0.15, 0.2) is 6.61 Å². The minimum Gasteiger partial charge on any atom is -0.452 e. The topological polar surface area (TPSA) is 68.3 Å². The lowest BCUT2D eigenvalue weighted by Crippen LogP contribution is -2.29. The number of hydrogen-bond acceptors (Lipinski definition) is 4. The minimum atomic E-state index is -0.548. The largest absolute Gasteiger partial charge is 0.452 e. The van der Waals surface area contributed by atoms with Crippen LogP contribution in [0.5, 0.6) is 0 Å². The van der Waals surface area contributed by atoms with Gasteiger partial charge in [0.25, 0.3) is 5.91 Å². The van der Waals surface area contributed by atoms with E-state index in [9.17, 15) is 9.59 Å². The lowest BCUT2D eigenvalue weighted by Gasteiger charge is -2.13. The molecule has 1 N–H and O–H groups in total. The molecule has 0 bridgehead atoms. The van der Waals surface area contributed by atoms with Crippen molar-refractivity contribution in [1.82, 2.24) is 10.3 Å². The lowest BCUT2D eigenvalue weighted by molar-refractivity contribution is -0.123. The van der Waals surface area contributed by atoms with E-state index in [1.807, 2.05) is 38.1 Å². The average Bonchev–Trinajstić information content (AvgIpc) is 2.57. The summed E-state index contributed by atoms with van der Waals surface area (Å²) < 4.78 is 5.10. The fraction of sp³-hybridized carbons (Fsp3) is 0.278. The van der Waals surface area contributed by atoms with Gasteiger partial charge in [-0.05, 0) is 25.0 Å². The summed E-state index contributed by atoms with van der Waals surface area (Å²) in [7, 11) is 0. The molecule has 1 heterocycles. The second kappa shape index (κ2) is 7.41. The number of para-hydroxylation sites is 1. The highest BCUT2D eigenvalue weighted by molar-refractivity contribution is 5.99. The van der Waals surface area contributed by atoms with Crippen molar-refractivity contribution in [2.45, 2.75) is 20.3 Å². The highest BCUT2D eigenvalue weighted by Gasteiger charge is 2.19. The molecule has 1 aromatic heterocycles. The monoisotopic (exact) mass is 310 g/mol. The quantitative estimate of drug-likeness (QED) is 0.677. The molecule has 118 valence electrons. The number of esters is 1. The predicted octanol–water partition coefficient (Wildman–Crippen LogP) is 2.01. The third-order valence-corrected chi connectivity index (χ3v) is 3.49. The molecular weight excluding hydrogens is 292 g/mol. The molecule has 0 unspecified atom stereocenters. The van der Waals surface area contributed by atoms with Crippen molar-refractivity contribution >= 4 is 22.8 Å². The van der Waals surface area contributed by atoms with Crippen molar-refractivity contribution in [1.29, 1.82) is 0 Å². The van der Waals surface area contributed by atoms with Gasteiger partial charge in [-0.1, -0.05) is 31.0 Å². The normalized spacial score (nSPS) is 10.1. The van der Waals surface area contributed by atoms with E-state index in [1.165, 1.54) is 0 Å². The molecule has 2 rings (SSSR count). The van der Waals surface area contributed by atoms with Gasteiger partial charge in [-0.15, -0.1) is 6.42 Å². The van der Waals surface area contributed by atoms with E-state index >= 15 is 0 Å². The molecule has 0 atom stereocenters. The van der Waals surface area contributed by atoms with E-state index in [-0.39, 0.29) is 13.2 Å². The Morgan fingerprint density at radius 2 is 2.09 bits per heavy atom.